The molecule has 8 aliphatic rings. The van der Waals surface area contributed by atoms with Crippen molar-refractivity contribution in [3.05, 3.63) is 92.8 Å². The lowest BCUT2D eigenvalue weighted by Crippen LogP contribution is -2.51. The van der Waals surface area contributed by atoms with E-state index in [9.17, 15) is 23.3 Å². The van der Waals surface area contributed by atoms with Gasteiger partial charge in [-0.1, -0.05) is 110 Å². The molecule has 4 aromatic rings. The number of hydrogen-bond acceptors (Lipinski definition) is 24. The fourth-order valence-corrected chi connectivity index (χ4v) is 13.9. The van der Waals surface area contributed by atoms with Gasteiger partial charge in [-0.15, -0.1) is 0 Å². The molecule has 8 aliphatic heterocycles. The molecule has 24 heteroatoms. The molecule has 0 aromatic heterocycles. The fraction of sp³-hybridized carbons (Fsp3) is 0.708. The van der Waals surface area contributed by atoms with Crippen LogP contribution in [0, 0.1) is 70.9 Å². The second-order valence-electron chi connectivity index (χ2n) is 30.7. The topological polar surface area (TPSA) is 296 Å². The van der Waals surface area contributed by atoms with Crippen molar-refractivity contribution in [1.82, 2.24) is 19.6 Å². The molecule has 120 heavy (non-hydrogen) atoms. The first kappa shape index (κ1) is 44.6. The Morgan fingerprint density at radius 3 is 0.842 bits per heavy atom. The monoisotopic (exact) mass is 1730 g/mol. The van der Waals surface area contributed by atoms with E-state index in [0.29, 0.717) is 0 Å². The molecule has 12 rings (SSSR count). The van der Waals surface area contributed by atoms with Gasteiger partial charge >= 0.3 is 23.9 Å². The molecule has 8 N–H and O–H groups in total. The van der Waals surface area contributed by atoms with Crippen LogP contribution in [0.3, 0.4) is 0 Å². The van der Waals surface area contributed by atoms with Crippen LogP contribution in [0.5, 0.6) is 46.0 Å². The van der Waals surface area contributed by atoms with Crippen molar-refractivity contribution >= 4 is 23.9 Å². The summed E-state index contributed by atoms with van der Waals surface area (Å²) in [5.74, 6) is -29.8. The van der Waals surface area contributed by atoms with Crippen molar-refractivity contribution in [3.8, 4) is 46.0 Å². The van der Waals surface area contributed by atoms with E-state index >= 15 is 0 Å². The van der Waals surface area contributed by atoms with E-state index in [-0.39, 0.29) is 39.7 Å². The number of piperidine rings is 4. The number of nitrogens with zero attached hydrogens (tertiary/aromatic N) is 4. The lowest BCUT2D eigenvalue weighted by molar-refractivity contribution is -0.161. The van der Waals surface area contributed by atoms with Gasteiger partial charge in [0.2, 0.25) is 0 Å². The fourth-order valence-electron chi connectivity index (χ4n) is 13.9. The Bertz CT molecular complexity index is 6590. The van der Waals surface area contributed by atoms with E-state index in [1.165, 1.54) is 28.4 Å². The number of fused-ring (bicyclic) bond motifs is 12. The van der Waals surface area contributed by atoms with E-state index in [1.54, 1.807) is 55.4 Å². The molecule has 20 atom stereocenters. The highest BCUT2D eigenvalue weighted by atomic mass is 16.6. The first-order valence-electron chi connectivity index (χ1n) is 67.3. The zero-order chi connectivity index (χ0) is 138. The summed E-state index contributed by atoms with van der Waals surface area (Å²) in [7, 11) is 0.468. The molecule has 672 valence electrons. The van der Waals surface area contributed by atoms with Crippen molar-refractivity contribution in [3.63, 3.8) is 0 Å². The van der Waals surface area contributed by atoms with Crippen LogP contribution in [0.15, 0.2) is 48.3 Å². The van der Waals surface area contributed by atoms with Crippen molar-refractivity contribution in [1.29, 1.82) is 0 Å². The first-order chi connectivity index (χ1) is 79.0. The molecule has 4 saturated heterocycles. The van der Waals surface area contributed by atoms with Gasteiger partial charge < -0.3 is 79.8 Å². The summed E-state index contributed by atoms with van der Waals surface area (Å²) in [6.07, 6.45) is -37.7. The number of carbonyl (C=O) groups excluding carboxylic acids is 4. The molecule has 0 radical (unpaired) electrons. The summed E-state index contributed by atoms with van der Waals surface area (Å²) in [5.41, 5.74) is 20.0. The van der Waals surface area contributed by atoms with Crippen LogP contribution in [0.4, 0.5) is 0 Å². The highest BCUT2D eigenvalue weighted by Gasteiger charge is 2.47. The van der Waals surface area contributed by atoms with Crippen LogP contribution in [-0.4, -0.2) is 201 Å². The van der Waals surface area contributed by atoms with Gasteiger partial charge in [-0.3, -0.25) is 38.8 Å². The maximum atomic E-state index is 13.2. The third kappa shape index (κ3) is 23.8. The molecule has 0 amide bonds. The van der Waals surface area contributed by atoms with Crippen LogP contribution in [0.1, 0.15) is 308 Å². The lowest BCUT2D eigenvalue weighted by atomic mass is 9.79. The Kier molecular flexibility index (Phi) is 16.3. The maximum absolute atomic E-state index is 13.2. The van der Waals surface area contributed by atoms with E-state index in [2.05, 4.69) is 0 Å². The number of benzene rings is 4. The molecule has 0 saturated carbocycles. The molecule has 0 aliphatic carbocycles. The van der Waals surface area contributed by atoms with Gasteiger partial charge in [0, 0.05) is 181 Å². The lowest BCUT2D eigenvalue weighted by Gasteiger charge is -2.47. The average Bonchev–Trinajstić information content (AvgIpc) is 0.684. The number of esters is 4. The summed E-state index contributed by atoms with van der Waals surface area (Å²) in [4.78, 5) is 55.8. The SMILES string of the molecule is [2H]c1c(OC)c(OC([2H])([2H])[2H])c([2H])c2c1C1CC(OC(=O)[C@@H](N)C(C)C)C(C([2H])([2H])C([2H])(C)C([2H])([2H])[2H])CN1C([2H])([2H])C2([2H])[2H].[2H]c1c(OC)c(OC([2H])([2H])[2H])c([2H])c2c1C1CC([2H])(OC(=O)[C@@H](N)C(C)C)C(C([2H])([2H])C([2H])(C)C([2H])([2H])[2H])CN1C([2H])([2H])C2([2H])[2H].[2H]c1c(OC)c(OC)c([2H])c2c1C1CC([2H])(OC(=O)[C@@H](N)C(C)C)C(C([2H])([2H])C([2H])(C)C([2H])([2H])[2H])CN1C([2H])([2H])C2([2H])[2H].[2H]c1c(OC)c(OC)c([2H])c2c1C1CC([2H])(OC(=O)[C@@H](N)C(C)C)C(C([2H])([2H])C([2H])(C)C([2H])([2H])[2H])CN1C([2H])([2H])C2([2H])[2H]. The predicted molar refractivity (Wildman–Crippen MR) is 471 cm³/mol. The Labute approximate surface area is 798 Å². The Morgan fingerprint density at radius 1 is 0.375 bits per heavy atom. The Hall–Kier alpha value is -7.16. The zero-order valence-corrected chi connectivity index (χ0v) is 70.6. The molecule has 0 spiro atoms. The van der Waals surface area contributed by atoms with E-state index in [0.717, 1.165) is 61.5 Å². The van der Waals surface area contributed by atoms with Crippen LogP contribution >= 0.6 is 0 Å². The zero-order valence-electron chi connectivity index (χ0n) is 128. The average molecular weight is 1730 g/mol. The number of methoxy groups -OCH3 is 8. The van der Waals surface area contributed by atoms with E-state index < -0.39 is 437 Å². The van der Waals surface area contributed by atoms with Gasteiger partial charge in [0.05, 0.1) is 80.0 Å². The summed E-state index contributed by atoms with van der Waals surface area (Å²) < 4.78 is 548. The van der Waals surface area contributed by atoms with Crippen molar-refractivity contribution < 1.29 is 154 Å². The molecule has 4 aromatic carbocycles. The van der Waals surface area contributed by atoms with Crippen molar-refractivity contribution in [2.75, 3.05) is 109 Å². The second-order valence-corrected chi connectivity index (χ2v) is 30.7. The van der Waals surface area contributed by atoms with Gasteiger partial charge in [0.25, 0.3) is 0 Å². The molecule has 4 fully saturated rings. The molecular weight excluding hydrogens is 1520 g/mol. The minimum atomic E-state index is -3.30. The number of hydrogen-bond donors (Lipinski definition) is 4. The summed E-state index contributed by atoms with van der Waals surface area (Å²) in [6.45, 7) is -12.9. The summed E-state index contributed by atoms with van der Waals surface area (Å²) in [5, 5.41) is 0. The largest absolute Gasteiger partial charge is 0.493 e. The van der Waals surface area contributed by atoms with E-state index in [4.69, 9.17) is 154 Å². The van der Waals surface area contributed by atoms with Gasteiger partial charge in [0.15, 0.2) is 46.0 Å². The summed E-state index contributed by atoms with van der Waals surface area (Å²) in [6, 6.07) is -16.4. The minimum Gasteiger partial charge on any atom is -0.493 e. The van der Waals surface area contributed by atoms with Gasteiger partial charge in [-0.25, -0.2) is 0 Å². The third-order valence-corrected chi connectivity index (χ3v) is 20.7. The molecule has 16 unspecified atom stereocenters. The molecule has 24 nitrogen and oxygen atoms in total. The molecule has 0 bridgehead atoms. The first-order valence-corrected chi connectivity index (χ1v) is 38.8. The van der Waals surface area contributed by atoms with Crippen LogP contribution in [-0.2, 0) is 63.6 Å². The number of rotatable bonds is 28. The van der Waals surface area contributed by atoms with Crippen LogP contribution < -0.4 is 60.8 Å². The quantitative estimate of drug-likeness (QED) is 0.0303. The Balaban J connectivity index is 0.000000258. The van der Waals surface area contributed by atoms with Crippen molar-refractivity contribution in [2.45, 2.75) is 260 Å². The minimum absolute atomic E-state index is 0.257. The third-order valence-electron chi connectivity index (χ3n) is 20.7. The molecular formula is C96H152N8O16. The van der Waals surface area contributed by atoms with Crippen molar-refractivity contribution in [2.24, 2.45) is 93.9 Å². The number of nitrogens with two attached hydrogens (primary N) is 4. The van der Waals surface area contributed by atoms with Crippen LogP contribution in [0.25, 0.3) is 0 Å². The van der Waals surface area contributed by atoms with Gasteiger partial charge in [-0.2, -0.15) is 0 Å². The standard InChI is InChI=1S/4C24H38N2O4/c4*1-14(2)9-17-13-26-8-7-16-10-21(28-5)22(29-6)11-18(16)19(26)12-20(17)30-24(27)23(25)15(3)4/h4*10-11,14-15,17,19-20,23H,7-9,12-13,25H2,1-6H3/t4*17?,19?,20?,23-/m0000/s1/i1D3,5D3,7D2,8D2,9D2,10D,11D,14D,20D;2*1D3,7D2,8D2,9D2,10D,11D,14D,20D;1D3,5D3,7D2,8D2,9D2,10D,11D,14D/t4*14?,17?,19?,20?,23-. The van der Waals surface area contributed by atoms with Gasteiger partial charge in [-0.05, 0) is 191 Å². The predicted octanol–water partition coefficient (Wildman–Crippen LogP) is 14.3. The van der Waals surface area contributed by atoms with Crippen LogP contribution in [0.2, 0.25) is 0 Å². The molecule has 8 heterocycles. The normalized spacial score (nSPS) is 40.1. The highest BCUT2D eigenvalue weighted by Crippen LogP contribution is 2.50. The number of carbonyl (C=O) groups is 4. The highest BCUT2D eigenvalue weighted by molar-refractivity contribution is 5.77. The maximum Gasteiger partial charge on any atom is 0.323 e. The van der Waals surface area contributed by atoms with Gasteiger partial charge in [0.1, 0.15) is 48.5 Å². The van der Waals surface area contributed by atoms with E-state index in [1.807, 2.05) is 0 Å². The second kappa shape index (κ2) is 43.9. The number of ether oxygens (including phenoxy) is 12. The summed E-state index contributed by atoms with van der Waals surface area (Å²) >= 11 is 0. The Morgan fingerprint density at radius 2 is 0.600 bits per heavy atom. The smallest absolute Gasteiger partial charge is 0.323 e.